The van der Waals surface area contributed by atoms with Gasteiger partial charge in [-0.3, -0.25) is 0 Å². The zero-order valence-electron chi connectivity index (χ0n) is 9.51. The molecule has 0 saturated carbocycles. The molecule has 0 bridgehead atoms. The van der Waals surface area contributed by atoms with Crippen molar-refractivity contribution in [3.05, 3.63) is 34.3 Å². The van der Waals surface area contributed by atoms with E-state index in [0.29, 0.717) is 24.1 Å². The van der Waals surface area contributed by atoms with Crippen LogP contribution in [0.3, 0.4) is 0 Å². The van der Waals surface area contributed by atoms with Crippen LogP contribution >= 0.6 is 11.3 Å². The maximum Gasteiger partial charge on any atom is 0.218 e. The third-order valence-electron chi connectivity index (χ3n) is 2.14. The predicted molar refractivity (Wildman–Crippen MR) is 68.1 cm³/mol. The van der Waals surface area contributed by atoms with Gasteiger partial charge in [0.05, 0.1) is 6.61 Å². The van der Waals surface area contributed by atoms with Gasteiger partial charge in [-0.15, -0.1) is 11.3 Å². The Bertz CT molecular complexity index is 472. The number of aromatic nitrogens is 2. The normalized spacial score (nSPS) is 10.2. The quantitative estimate of drug-likeness (QED) is 0.625. The van der Waals surface area contributed by atoms with Crippen LogP contribution in [0, 0.1) is 6.92 Å². The van der Waals surface area contributed by atoms with Crippen molar-refractivity contribution in [3.8, 4) is 5.88 Å². The fourth-order valence-electron chi connectivity index (χ4n) is 1.40. The minimum Gasteiger partial charge on any atom is -0.477 e. The molecule has 2 rings (SSSR count). The zero-order chi connectivity index (χ0) is 12.1. The number of nitrogen functional groups attached to an aromatic ring is 1. The number of anilines is 1. The summed E-state index contributed by atoms with van der Waals surface area (Å²) in [4.78, 5) is 9.56. The molecule has 0 saturated heterocycles. The molecule has 2 aromatic rings. The van der Waals surface area contributed by atoms with Crippen LogP contribution in [0.15, 0.2) is 23.6 Å². The predicted octanol–water partition coefficient (Wildman–Crippen LogP) is 1.75. The summed E-state index contributed by atoms with van der Waals surface area (Å²) in [5, 5.41) is 2.06. The number of nitrogens with one attached hydrogen (secondary N) is 1. The van der Waals surface area contributed by atoms with Gasteiger partial charge in [0.15, 0.2) is 0 Å². The first-order chi connectivity index (χ1) is 8.28. The fraction of sp³-hybridized carbons (Fsp3) is 0.273. The van der Waals surface area contributed by atoms with Crippen molar-refractivity contribution < 1.29 is 4.74 Å². The van der Waals surface area contributed by atoms with E-state index in [0.717, 1.165) is 6.42 Å². The van der Waals surface area contributed by atoms with Gasteiger partial charge >= 0.3 is 0 Å². The number of rotatable bonds is 5. The van der Waals surface area contributed by atoms with Gasteiger partial charge in [-0.1, -0.05) is 6.07 Å². The van der Waals surface area contributed by atoms with Gasteiger partial charge in [-0.2, -0.15) is 4.98 Å². The Morgan fingerprint density at radius 3 is 3.06 bits per heavy atom. The third-order valence-corrected chi connectivity index (χ3v) is 3.08. The summed E-state index contributed by atoms with van der Waals surface area (Å²) in [6.07, 6.45) is 0.881. The molecule has 2 aromatic heterocycles. The molecule has 2 heterocycles. The van der Waals surface area contributed by atoms with Gasteiger partial charge in [0.25, 0.3) is 0 Å². The highest BCUT2D eigenvalue weighted by Gasteiger charge is 2.02. The van der Waals surface area contributed by atoms with Gasteiger partial charge in [0, 0.05) is 17.4 Å². The fourth-order valence-corrected chi connectivity index (χ4v) is 2.09. The summed E-state index contributed by atoms with van der Waals surface area (Å²) in [6, 6.07) is 5.80. The van der Waals surface area contributed by atoms with Crippen LogP contribution < -0.4 is 16.0 Å². The number of aryl methyl sites for hydroxylation is 1. The number of nitrogens with zero attached hydrogens (tertiary/aromatic N) is 2. The van der Waals surface area contributed by atoms with Crippen molar-refractivity contribution in [1.82, 2.24) is 9.97 Å². The molecule has 6 heteroatoms. The Morgan fingerprint density at radius 1 is 1.47 bits per heavy atom. The van der Waals surface area contributed by atoms with Crippen LogP contribution in [0.2, 0.25) is 0 Å². The summed E-state index contributed by atoms with van der Waals surface area (Å²) in [7, 11) is 0. The lowest BCUT2D eigenvalue weighted by atomic mass is 10.4. The minimum absolute atomic E-state index is 0.544. The molecule has 0 aliphatic heterocycles. The topological polar surface area (TPSA) is 73.1 Å². The van der Waals surface area contributed by atoms with Crippen LogP contribution in [-0.2, 0) is 6.42 Å². The SMILES string of the molecule is Cc1nc(NN)cc(OCCc2cccs2)n1. The van der Waals surface area contributed by atoms with Gasteiger partial charge < -0.3 is 10.2 Å². The van der Waals surface area contributed by atoms with Crippen molar-refractivity contribution in [1.29, 1.82) is 0 Å². The summed E-state index contributed by atoms with van der Waals surface area (Å²) in [5.41, 5.74) is 2.48. The Kier molecular flexibility index (Phi) is 3.89. The van der Waals surface area contributed by atoms with Gasteiger partial charge in [-0.25, -0.2) is 10.8 Å². The first-order valence-corrected chi connectivity index (χ1v) is 6.13. The maximum atomic E-state index is 5.56. The Hall–Kier alpha value is -1.66. The lowest BCUT2D eigenvalue weighted by Gasteiger charge is -2.07. The van der Waals surface area contributed by atoms with Crippen LogP contribution in [-0.4, -0.2) is 16.6 Å². The molecule has 0 aliphatic carbocycles. The van der Waals surface area contributed by atoms with Crippen molar-refractivity contribution in [3.63, 3.8) is 0 Å². The molecule has 5 nitrogen and oxygen atoms in total. The van der Waals surface area contributed by atoms with E-state index in [1.165, 1.54) is 4.88 Å². The second-order valence-electron chi connectivity index (χ2n) is 3.46. The molecule has 0 aromatic carbocycles. The van der Waals surface area contributed by atoms with Crippen molar-refractivity contribution >= 4 is 17.2 Å². The van der Waals surface area contributed by atoms with Crippen molar-refractivity contribution in [2.24, 2.45) is 5.84 Å². The molecule has 90 valence electrons. The summed E-state index contributed by atoms with van der Waals surface area (Å²) in [5.74, 6) is 7.03. The monoisotopic (exact) mass is 250 g/mol. The van der Waals surface area contributed by atoms with E-state index < -0.39 is 0 Å². The molecule has 3 N–H and O–H groups in total. The average Bonchev–Trinajstić information content (AvgIpc) is 2.81. The third kappa shape index (κ3) is 3.40. The van der Waals surface area contributed by atoms with Crippen LogP contribution in [0.1, 0.15) is 10.7 Å². The highest BCUT2D eigenvalue weighted by molar-refractivity contribution is 7.09. The minimum atomic E-state index is 0.544. The number of nitrogens with two attached hydrogens (primary N) is 1. The molecule has 0 aliphatic rings. The van der Waals surface area contributed by atoms with E-state index in [-0.39, 0.29) is 0 Å². The standard InChI is InChI=1S/C11H14N4OS/c1-8-13-10(15-12)7-11(14-8)16-5-4-9-3-2-6-17-9/h2-3,6-7H,4-5,12H2,1H3,(H,13,14,15). The average molecular weight is 250 g/mol. The Balaban J connectivity index is 1.92. The lowest BCUT2D eigenvalue weighted by Crippen LogP contribution is -2.11. The molecule has 17 heavy (non-hydrogen) atoms. The van der Waals surface area contributed by atoms with Crippen molar-refractivity contribution in [2.75, 3.05) is 12.0 Å². The Morgan fingerprint density at radius 2 is 2.35 bits per heavy atom. The molecule has 0 amide bonds. The number of hydrazine groups is 1. The second kappa shape index (κ2) is 5.60. The van der Waals surface area contributed by atoms with Gasteiger partial charge in [0.2, 0.25) is 5.88 Å². The van der Waals surface area contributed by atoms with Crippen molar-refractivity contribution in [2.45, 2.75) is 13.3 Å². The number of thiophene rings is 1. The molecular formula is C11H14N4OS. The molecule has 0 unspecified atom stereocenters. The highest BCUT2D eigenvalue weighted by Crippen LogP contribution is 2.14. The molecule has 0 spiro atoms. The van der Waals surface area contributed by atoms with Gasteiger partial charge in [-0.05, 0) is 18.4 Å². The molecule has 0 fully saturated rings. The van der Waals surface area contributed by atoms with Gasteiger partial charge in [0.1, 0.15) is 11.6 Å². The number of hydrogen-bond acceptors (Lipinski definition) is 6. The highest BCUT2D eigenvalue weighted by atomic mass is 32.1. The number of hydrogen-bond donors (Lipinski definition) is 2. The first kappa shape index (κ1) is 11.8. The van der Waals surface area contributed by atoms with E-state index >= 15 is 0 Å². The summed E-state index contributed by atoms with van der Waals surface area (Å²) in [6.45, 7) is 2.40. The maximum absolute atomic E-state index is 5.56. The van der Waals surface area contributed by atoms with E-state index in [1.54, 1.807) is 24.3 Å². The van der Waals surface area contributed by atoms with Crippen LogP contribution in [0.25, 0.3) is 0 Å². The smallest absolute Gasteiger partial charge is 0.218 e. The molecule has 0 atom stereocenters. The lowest BCUT2D eigenvalue weighted by molar-refractivity contribution is 0.309. The molecule has 0 radical (unpaired) electrons. The van der Waals surface area contributed by atoms with E-state index in [4.69, 9.17) is 10.6 Å². The second-order valence-corrected chi connectivity index (χ2v) is 4.49. The summed E-state index contributed by atoms with van der Waals surface area (Å²) < 4.78 is 5.56. The van der Waals surface area contributed by atoms with E-state index in [9.17, 15) is 0 Å². The zero-order valence-corrected chi connectivity index (χ0v) is 10.3. The van der Waals surface area contributed by atoms with E-state index in [2.05, 4.69) is 26.8 Å². The molecular weight excluding hydrogens is 236 g/mol. The van der Waals surface area contributed by atoms with Crippen LogP contribution in [0.4, 0.5) is 5.82 Å². The number of ether oxygens (including phenoxy) is 1. The Labute approximate surface area is 104 Å². The van der Waals surface area contributed by atoms with E-state index in [1.807, 2.05) is 6.07 Å². The largest absolute Gasteiger partial charge is 0.477 e. The summed E-state index contributed by atoms with van der Waals surface area (Å²) >= 11 is 1.72. The first-order valence-electron chi connectivity index (χ1n) is 5.25. The van der Waals surface area contributed by atoms with Crippen LogP contribution in [0.5, 0.6) is 5.88 Å².